The normalized spacial score (nSPS) is 10.5. The molecule has 0 fully saturated rings. The van der Waals surface area contributed by atoms with E-state index in [9.17, 15) is 4.79 Å². The van der Waals surface area contributed by atoms with E-state index in [4.69, 9.17) is 9.15 Å². The van der Waals surface area contributed by atoms with Crippen molar-refractivity contribution in [2.45, 2.75) is 6.92 Å². The third-order valence-corrected chi connectivity index (χ3v) is 3.01. The molecule has 118 valence electrons. The maximum atomic E-state index is 11.8. The monoisotopic (exact) mass is 313 g/mol. The Bertz CT molecular complexity index is 810. The minimum atomic E-state index is -0.384. The van der Waals surface area contributed by atoms with Crippen molar-refractivity contribution < 1.29 is 13.9 Å². The summed E-state index contributed by atoms with van der Waals surface area (Å²) >= 11 is 0. The Labute approximate surface area is 132 Å². The molecule has 0 unspecified atom stereocenters. The van der Waals surface area contributed by atoms with E-state index >= 15 is 0 Å². The number of hydrogen-bond donors (Lipinski definition) is 1. The Balaban J connectivity index is 1.60. The van der Waals surface area contributed by atoms with Crippen LogP contribution in [0, 0.1) is 6.92 Å². The van der Waals surface area contributed by atoms with Crippen molar-refractivity contribution in [1.82, 2.24) is 20.0 Å². The molecule has 2 heterocycles. The lowest BCUT2D eigenvalue weighted by atomic mass is 10.3. The van der Waals surface area contributed by atoms with Gasteiger partial charge in [0.25, 0.3) is 11.8 Å². The summed E-state index contributed by atoms with van der Waals surface area (Å²) in [5.74, 6) is 0.511. The number of ether oxygens (including phenoxy) is 1. The molecule has 23 heavy (non-hydrogen) atoms. The van der Waals surface area contributed by atoms with Crippen LogP contribution in [-0.2, 0) is 11.8 Å². The zero-order valence-corrected chi connectivity index (χ0v) is 12.7. The minimum Gasteiger partial charge on any atom is -0.484 e. The van der Waals surface area contributed by atoms with E-state index in [1.807, 2.05) is 31.2 Å². The Morgan fingerprint density at radius 3 is 2.78 bits per heavy atom. The first-order chi connectivity index (χ1) is 11.1. The van der Waals surface area contributed by atoms with Gasteiger partial charge in [-0.1, -0.05) is 23.3 Å². The topological polar surface area (TPSA) is 95.1 Å². The first-order valence-corrected chi connectivity index (χ1v) is 6.94. The lowest BCUT2D eigenvalue weighted by Gasteiger charge is -2.04. The number of nitrogens with one attached hydrogen (secondary N) is 1. The zero-order chi connectivity index (χ0) is 16.2. The van der Waals surface area contributed by atoms with E-state index in [1.54, 1.807) is 23.9 Å². The maximum Gasteiger partial charge on any atom is 0.322 e. The third kappa shape index (κ3) is 3.54. The summed E-state index contributed by atoms with van der Waals surface area (Å²) in [4.78, 5) is 11.8. The number of carbonyl (C=O) groups is 1. The predicted molar refractivity (Wildman–Crippen MR) is 81.8 cm³/mol. The molecule has 0 saturated heterocycles. The van der Waals surface area contributed by atoms with Crippen molar-refractivity contribution in [3.8, 4) is 17.3 Å². The van der Waals surface area contributed by atoms with E-state index in [-0.39, 0.29) is 24.4 Å². The third-order valence-electron chi connectivity index (χ3n) is 3.01. The standard InChI is InChI=1S/C15H15N5O3/c1-10-8-12(20(2)19-10)14-17-18-15(23-14)16-13(21)9-22-11-6-4-3-5-7-11/h3-8H,9H2,1-2H3,(H,16,18,21). The van der Waals surface area contributed by atoms with E-state index in [2.05, 4.69) is 20.6 Å². The van der Waals surface area contributed by atoms with Crippen LogP contribution in [0.1, 0.15) is 5.69 Å². The summed E-state index contributed by atoms with van der Waals surface area (Å²) in [6.45, 7) is 1.72. The van der Waals surface area contributed by atoms with Crippen LogP contribution in [0.2, 0.25) is 0 Å². The van der Waals surface area contributed by atoms with Gasteiger partial charge in [0, 0.05) is 7.05 Å². The van der Waals surface area contributed by atoms with Crippen LogP contribution in [0.3, 0.4) is 0 Å². The summed E-state index contributed by atoms with van der Waals surface area (Å²) in [7, 11) is 1.78. The number of benzene rings is 1. The predicted octanol–water partition coefficient (Wildman–Crippen LogP) is 1.80. The molecular weight excluding hydrogens is 298 g/mol. The highest BCUT2D eigenvalue weighted by atomic mass is 16.5. The van der Waals surface area contributed by atoms with Crippen molar-refractivity contribution in [3.63, 3.8) is 0 Å². The molecular formula is C15H15N5O3. The molecule has 3 aromatic rings. The summed E-state index contributed by atoms with van der Waals surface area (Å²) in [6, 6.07) is 10.9. The molecule has 0 radical (unpaired) electrons. The molecule has 2 aromatic heterocycles. The molecule has 0 atom stereocenters. The molecule has 8 heteroatoms. The summed E-state index contributed by atoms with van der Waals surface area (Å²) in [5, 5.41) is 14.4. The molecule has 0 aliphatic carbocycles. The minimum absolute atomic E-state index is 0.0144. The number of para-hydroxylation sites is 1. The maximum absolute atomic E-state index is 11.8. The van der Waals surface area contributed by atoms with Gasteiger partial charge in [0.05, 0.1) is 5.69 Å². The second-order valence-electron chi connectivity index (χ2n) is 4.86. The number of aromatic nitrogens is 4. The summed E-state index contributed by atoms with van der Waals surface area (Å²) < 4.78 is 12.4. The van der Waals surface area contributed by atoms with Crippen molar-refractivity contribution in [3.05, 3.63) is 42.1 Å². The largest absolute Gasteiger partial charge is 0.484 e. The van der Waals surface area contributed by atoms with Crippen molar-refractivity contribution >= 4 is 11.9 Å². The van der Waals surface area contributed by atoms with E-state index in [1.165, 1.54) is 0 Å². The van der Waals surface area contributed by atoms with Gasteiger partial charge in [-0.15, -0.1) is 5.10 Å². The van der Waals surface area contributed by atoms with E-state index < -0.39 is 0 Å². The number of nitrogens with zero attached hydrogens (tertiary/aromatic N) is 4. The molecule has 1 aromatic carbocycles. The van der Waals surface area contributed by atoms with Crippen LogP contribution in [0.4, 0.5) is 6.01 Å². The van der Waals surface area contributed by atoms with Gasteiger partial charge in [-0.3, -0.25) is 14.8 Å². The van der Waals surface area contributed by atoms with Crippen LogP contribution in [0.25, 0.3) is 11.6 Å². The van der Waals surface area contributed by atoms with Gasteiger partial charge in [-0.25, -0.2) is 0 Å². The molecule has 0 saturated carbocycles. The fourth-order valence-electron chi connectivity index (χ4n) is 2.01. The molecule has 3 rings (SSSR count). The average Bonchev–Trinajstić information content (AvgIpc) is 3.12. The number of aryl methyl sites for hydroxylation is 2. The first kappa shape index (κ1) is 14.8. The number of carbonyl (C=O) groups excluding carboxylic acids is 1. The van der Waals surface area contributed by atoms with E-state index in [0.29, 0.717) is 11.4 Å². The molecule has 1 amide bonds. The number of anilines is 1. The van der Waals surface area contributed by atoms with Gasteiger partial charge >= 0.3 is 6.01 Å². The highest BCUT2D eigenvalue weighted by molar-refractivity contribution is 5.89. The molecule has 0 spiro atoms. The zero-order valence-electron chi connectivity index (χ0n) is 12.7. The van der Waals surface area contributed by atoms with E-state index in [0.717, 1.165) is 5.69 Å². The number of rotatable bonds is 5. The fourth-order valence-corrected chi connectivity index (χ4v) is 2.01. The Morgan fingerprint density at radius 1 is 1.30 bits per heavy atom. The Morgan fingerprint density at radius 2 is 2.09 bits per heavy atom. The number of hydrogen-bond acceptors (Lipinski definition) is 6. The van der Waals surface area contributed by atoms with Gasteiger partial charge in [0.1, 0.15) is 11.4 Å². The molecule has 8 nitrogen and oxygen atoms in total. The van der Waals surface area contributed by atoms with Gasteiger partial charge in [-0.2, -0.15) is 5.10 Å². The summed E-state index contributed by atoms with van der Waals surface area (Å²) in [6.07, 6.45) is 0. The van der Waals surface area contributed by atoms with Gasteiger partial charge in [-0.05, 0) is 25.1 Å². The lowest BCUT2D eigenvalue weighted by molar-refractivity contribution is -0.118. The molecule has 1 N–H and O–H groups in total. The fraction of sp³-hybridized carbons (Fsp3) is 0.200. The van der Waals surface area contributed by atoms with Crippen LogP contribution < -0.4 is 10.1 Å². The van der Waals surface area contributed by atoms with Crippen LogP contribution >= 0.6 is 0 Å². The molecule has 0 aliphatic heterocycles. The Hall–Kier alpha value is -3.16. The smallest absolute Gasteiger partial charge is 0.322 e. The Kier molecular flexibility index (Phi) is 4.05. The second-order valence-corrected chi connectivity index (χ2v) is 4.86. The first-order valence-electron chi connectivity index (χ1n) is 6.94. The van der Waals surface area contributed by atoms with Gasteiger partial charge in [0.15, 0.2) is 6.61 Å². The van der Waals surface area contributed by atoms with Crippen molar-refractivity contribution in [2.75, 3.05) is 11.9 Å². The second kappa shape index (κ2) is 6.30. The highest BCUT2D eigenvalue weighted by Gasteiger charge is 2.15. The van der Waals surface area contributed by atoms with Crippen molar-refractivity contribution in [2.24, 2.45) is 7.05 Å². The quantitative estimate of drug-likeness (QED) is 0.771. The number of amides is 1. The van der Waals surface area contributed by atoms with Gasteiger partial charge in [0.2, 0.25) is 0 Å². The van der Waals surface area contributed by atoms with Crippen LogP contribution in [0.15, 0.2) is 40.8 Å². The van der Waals surface area contributed by atoms with Crippen LogP contribution in [-0.4, -0.2) is 32.5 Å². The molecule has 0 aliphatic rings. The average molecular weight is 313 g/mol. The highest BCUT2D eigenvalue weighted by Crippen LogP contribution is 2.20. The van der Waals surface area contributed by atoms with Gasteiger partial charge < -0.3 is 9.15 Å². The SMILES string of the molecule is Cc1cc(-c2nnc(NC(=O)COc3ccccc3)o2)n(C)n1. The molecule has 0 bridgehead atoms. The lowest BCUT2D eigenvalue weighted by Crippen LogP contribution is -2.20. The summed E-state index contributed by atoms with van der Waals surface area (Å²) in [5.41, 5.74) is 1.51. The van der Waals surface area contributed by atoms with Crippen molar-refractivity contribution in [1.29, 1.82) is 0 Å². The van der Waals surface area contributed by atoms with Crippen LogP contribution in [0.5, 0.6) is 5.75 Å².